The third-order valence-corrected chi connectivity index (χ3v) is 3.60. The Hall–Kier alpha value is -2.17. The summed E-state index contributed by atoms with van der Waals surface area (Å²) in [6.45, 7) is 2.65. The van der Waals surface area contributed by atoms with Crippen molar-refractivity contribution in [2.45, 2.75) is 39.2 Å². The van der Waals surface area contributed by atoms with E-state index < -0.39 is 0 Å². The number of nitrogens with one attached hydrogen (secondary N) is 1. The molecule has 0 aromatic carbocycles. The molecule has 0 unspecified atom stereocenters. The Morgan fingerprint density at radius 2 is 2.05 bits per heavy atom. The van der Waals surface area contributed by atoms with E-state index >= 15 is 0 Å². The van der Waals surface area contributed by atoms with E-state index in [2.05, 4.69) is 20.3 Å². The molecule has 1 aliphatic rings. The van der Waals surface area contributed by atoms with E-state index in [0.29, 0.717) is 12.4 Å². The van der Waals surface area contributed by atoms with Crippen LogP contribution in [0.1, 0.15) is 35.5 Å². The van der Waals surface area contributed by atoms with Crippen LogP contribution in [0.5, 0.6) is 0 Å². The van der Waals surface area contributed by atoms with Crippen molar-refractivity contribution in [3.63, 3.8) is 0 Å². The second kappa shape index (κ2) is 5.45. The molecule has 104 valence electrons. The number of hydrogen-bond acceptors (Lipinski definition) is 5. The molecular formula is C15H19N5. The molecule has 2 aromatic rings. The zero-order valence-electron chi connectivity index (χ0n) is 11.7. The van der Waals surface area contributed by atoms with Crippen LogP contribution in [0.2, 0.25) is 0 Å². The first kappa shape index (κ1) is 12.8. The molecule has 0 aliphatic heterocycles. The molecule has 1 aliphatic carbocycles. The molecule has 3 N–H and O–H groups in total. The first-order chi connectivity index (χ1) is 9.72. The van der Waals surface area contributed by atoms with Crippen molar-refractivity contribution in [3.05, 3.63) is 41.0 Å². The molecule has 20 heavy (non-hydrogen) atoms. The highest BCUT2D eigenvalue weighted by Gasteiger charge is 2.16. The number of nitrogens with two attached hydrogens (primary N) is 1. The number of nitrogens with zero attached hydrogens (tertiary/aromatic N) is 3. The molecule has 5 nitrogen and oxygen atoms in total. The number of aryl methyl sites for hydroxylation is 2. The van der Waals surface area contributed by atoms with E-state index in [1.54, 1.807) is 6.20 Å². The minimum Gasteiger partial charge on any atom is -0.384 e. The number of nitrogen functional groups attached to an aromatic ring is 1. The molecule has 5 heteroatoms. The van der Waals surface area contributed by atoms with E-state index in [0.717, 1.165) is 30.0 Å². The minimum atomic E-state index is 0.545. The Balaban J connectivity index is 1.80. The lowest BCUT2D eigenvalue weighted by Crippen LogP contribution is -2.13. The monoisotopic (exact) mass is 269 g/mol. The lowest BCUT2D eigenvalue weighted by atomic mass is 9.96. The van der Waals surface area contributed by atoms with Gasteiger partial charge in [0.1, 0.15) is 17.5 Å². The number of rotatable bonds is 3. The Kier molecular flexibility index (Phi) is 3.50. The van der Waals surface area contributed by atoms with Gasteiger partial charge in [0, 0.05) is 24.0 Å². The molecule has 0 radical (unpaired) electrons. The van der Waals surface area contributed by atoms with Crippen molar-refractivity contribution in [2.24, 2.45) is 0 Å². The van der Waals surface area contributed by atoms with Crippen molar-refractivity contribution in [3.8, 4) is 0 Å². The summed E-state index contributed by atoms with van der Waals surface area (Å²) in [6.07, 6.45) is 6.37. The maximum absolute atomic E-state index is 5.59. The molecule has 2 aromatic heterocycles. The van der Waals surface area contributed by atoms with E-state index in [-0.39, 0.29) is 0 Å². The largest absolute Gasteiger partial charge is 0.384 e. The molecule has 0 saturated carbocycles. The first-order valence-electron chi connectivity index (χ1n) is 7.03. The SMILES string of the molecule is Cc1nc2c(c(NCc3ccc(N)nc3)n1)CCCC2. The molecule has 0 bridgehead atoms. The lowest BCUT2D eigenvalue weighted by molar-refractivity contribution is 0.659. The first-order valence-corrected chi connectivity index (χ1v) is 7.03. The van der Waals surface area contributed by atoms with E-state index in [1.165, 1.54) is 24.1 Å². The van der Waals surface area contributed by atoms with Crippen LogP contribution < -0.4 is 11.1 Å². The van der Waals surface area contributed by atoms with Crippen molar-refractivity contribution in [1.29, 1.82) is 0 Å². The van der Waals surface area contributed by atoms with Gasteiger partial charge in [0.15, 0.2) is 0 Å². The average Bonchev–Trinajstić information content (AvgIpc) is 2.46. The maximum Gasteiger partial charge on any atom is 0.133 e. The molecule has 0 saturated heterocycles. The Morgan fingerprint density at radius 1 is 1.20 bits per heavy atom. The van der Waals surface area contributed by atoms with Gasteiger partial charge in [0.25, 0.3) is 0 Å². The highest BCUT2D eigenvalue weighted by molar-refractivity contribution is 5.48. The number of pyridine rings is 1. The number of anilines is 2. The van der Waals surface area contributed by atoms with Gasteiger partial charge < -0.3 is 11.1 Å². The van der Waals surface area contributed by atoms with Crippen molar-refractivity contribution in [2.75, 3.05) is 11.1 Å². The predicted molar refractivity (Wildman–Crippen MR) is 79.4 cm³/mol. The van der Waals surface area contributed by atoms with Crippen molar-refractivity contribution >= 4 is 11.6 Å². The minimum absolute atomic E-state index is 0.545. The third-order valence-electron chi connectivity index (χ3n) is 3.60. The standard InChI is InChI=1S/C15H19N5/c1-10-19-13-5-3-2-4-12(13)15(20-10)18-9-11-6-7-14(16)17-8-11/h6-8H,2-5,9H2,1H3,(H2,16,17)(H,18,19,20). The van der Waals surface area contributed by atoms with Crippen LogP contribution in [0.4, 0.5) is 11.6 Å². The van der Waals surface area contributed by atoms with Gasteiger partial charge in [-0.3, -0.25) is 0 Å². The highest BCUT2D eigenvalue weighted by Crippen LogP contribution is 2.25. The maximum atomic E-state index is 5.59. The number of fused-ring (bicyclic) bond motifs is 1. The fourth-order valence-corrected chi connectivity index (χ4v) is 2.59. The second-order valence-electron chi connectivity index (χ2n) is 5.20. The molecule has 0 atom stereocenters. The fraction of sp³-hybridized carbons (Fsp3) is 0.400. The summed E-state index contributed by atoms with van der Waals surface area (Å²) in [6, 6.07) is 3.80. The lowest BCUT2D eigenvalue weighted by Gasteiger charge is -2.19. The van der Waals surface area contributed by atoms with Gasteiger partial charge in [-0.25, -0.2) is 15.0 Å². The molecule has 3 rings (SSSR count). The molecule has 0 amide bonds. The van der Waals surface area contributed by atoms with Gasteiger partial charge in [-0.15, -0.1) is 0 Å². The van der Waals surface area contributed by atoms with Crippen molar-refractivity contribution < 1.29 is 0 Å². The zero-order chi connectivity index (χ0) is 13.9. The summed E-state index contributed by atoms with van der Waals surface area (Å²) >= 11 is 0. The summed E-state index contributed by atoms with van der Waals surface area (Å²) in [4.78, 5) is 13.2. The van der Waals surface area contributed by atoms with Crippen LogP contribution in [0, 0.1) is 6.92 Å². The zero-order valence-corrected chi connectivity index (χ0v) is 11.7. The second-order valence-corrected chi connectivity index (χ2v) is 5.20. The van der Waals surface area contributed by atoms with Crippen LogP contribution >= 0.6 is 0 Å². The van der Waals surface area contributed by atoms with Crippen LogP contribution in [-0.2, 0) is 19.4 Å². The highest BCUT2D eigenvalue weighted by atomic mass is 15.0. The smallest absolute Gasteiger partial charge is 0.133 e. The van der Waals surface area contributed by atoms with Gasteiger partial charge in [-0.1, -0.05) is 6.07 Å². The summed E-state index contributed by atoms with van der Waals surface area (Å²) < 4.78 is 0. The van der Waals surface area contributed by atoms with Gasteiger partial charge in [-0.05, 0) is 44.2 Å². The van der Waals surface area contributed by atoms with Crippen LogP contribution in [0.25, 0.3) is 0 Å². The van der Waals surface area contributed by atoms with E-state index in [1.807, 2.05) is 19.1 Å². The van der Waals surface area contributed by atoms with Crippen LogP contribution in [-0.4, -0.2) is 15.0 Å². The quantitative estimate of drug-likeness (QED) is 0.893. The summed E-state index contributed by atoms with van der Waals surface area (Å²) in [5.74, 6) is 2.36. The normalized spacial score (nSPS) is 13.8. The summed E-state index contributed by atoms with van der Waals surface area (Å²) in [7, 11) is 0. The van der Waals surface area contributed by atoms with Gasteiger partial charge >= 0.3 is 0 Å². The molecule has 2 heterocycles. The fourth-order valence-electron chi connectivity index (χ4n) is 2.59. The number of hydrogen-bond donors (Lipinski definition) is 2. The summed E-state index contributed by atoms with van der Waals surface area (Å²) in [5, 5.41) is 3.42. The van der Waals surface area contributed by atoms with Crippen LogP contribution in [0.15, 0.2) is 18.3 Å². The third kappa shape index (κ3) is 2.71. The van der Waals surface area contributed by atoms with Gasteiger partial charge in [0.05, 0.1) is 0 Å². The van der Waals surface area contributed by atoms with Gasteiger partial charge in [-0.2, -0.15) is 0 Å². The number of aromatic nitrogens is 3. The Labute approximate surface area is 118 Å². The Bertz CT molecular complexity index is 606. The van der Waals surface area contributed by atoms with Crippen LogP contribution in [0.3, 0.4) is 0 Å². The Morgan fingerprint density at radius 3 is 2.85 bits per heavy atom. The molecule has 0 spiro atoms. The molecular weight excluding hydrogens is 250 g/mol. The van der Waals surface area contributed by atoms with E-state index in [9.17, 15) is 0 Å². The average molecular weight is 269 g/mol. The van der Waals surface area contributed by atoms with Crippen molar-refractivity contribution in [1.82, 2.24) is 15.0 Å². The molecule has 0 fully saturated rings. The van der Waals surface area contributed by atoms with Gasteiger partial charge in [0.2, 0.25) is 0 Å². The topological polar surface area (TPSA) is 76.7 Å². The van der Waals surface area contributed by atoms with E-state index in [4.69, 9.17) is 5.73 Å². The summed E-state index contributed by atoms with van der Waals surface area (Å²) in [5.41, 5.74) is 9.18. The predicted octanol–water partition coefficient (Wildman–Crippen LogP) is 2.25.